The van der Waals surface area contributed by atoms with Gasteiger partial charge < -0.3 is 4.74 Å². The van der Waals surface area contributed by atoms with Crippen molar-refractivity contribution in [2.24, 2.45) is 0 Å². The maximum atomic E-state index is 6.07. The predicted molar refractivity (Wildman–Crippen MR) is 72.2 cm³/mol. The second kappa shape index (κ2) is 6.90. The highest BCUT2D eigenvalue weighted by Gasteiger charge is 2.13. The lowest BCUT2D eigenvalue weighted by Gasteiger charge is -2.15. The lowest BCUT2D eigenvalue weighted by atomic mass is 10.2. The molecule has 0 spiro atoms. The average molecular weight is 270 g/mol. The first-order valence-electron chi connectivity index (χ1n) is 6.65. The van der Waals surface area contributed by atoms with E-state index in [1.807, 2.05) is 0 Å². The van der Waals surface area contributed by atoms with Crippen LogP contribution in [0.3, 0.4) is 0 Å². The van der Waals surface area contributed by atoms with Gasteiger partial charge in [-0.15, -0.1) is 0 Å². The van der Waals surface area contributed by atoms with Gasteiger partial charge in [-0.25, -0.2) is 9.97 Å². The molecular formula is C13H20ClN3O. The molecule has 2 heterocycles. The molecule has 4 nitrogen and oxygen atoms in total. The van der Waals surface area contributed by atoms with Crippen molar-refractivity contribution in [1.29, 1.82) is 0 Å². The molecule has 18 heavy (non-hydrogen) atoms. The largest absolute Gasteiger partial charge is 0.476 e. The van der Waals surface area contributed by atoms with E-state index < -0.39 is 0 Å². The number of rotatable bonds is 6. The van der Waals surface area contributed by atoms with Crippen molar-refractivity contribution in [3.8, 4) is 5.88 Å². The molecule has 100 valence electrons. The van der Waals surface area contributed by atoms with Crippen LogP contribution < -0.4 is 4.74 Å². The van der Waals surface area contributed by atoms with Crippen LogP contribution in [0.4, 0.5) is 0 Å². The van der Waals surface area contributed by atoms with E-state index in [1.165, 1.54) is 32.3 Å². The highest BCUT2D eigenvalue weighted by Crippen LogP contribution is 2.23. The minimum Gasteiger partial charge on any atom is -0.476 e. The van der Waals surface area contributed by atoms with Crippen LogP contribution in [-0.2, 0) is 6.42 Å². The van der Waals surface area contributed by atoms with Gasteiger partial charge >= 0.3 is 0 Å². The normalized spacial score (nSPS) is 16.1. The van der Waals surface area contributed by atoms with Crippen molar-refractivity contribution in [3.63, 3.8) is 0 Å². The van der Waals surface area contributed by atoms with E-state index in [4.69, 9.17) is 16.3 Å². The molecule has 2 rings (SSSR count). The Balaban J connectivity index is 1.89. The Morgan fingerprint density at radius 3 is 2.83 bits per heavy atom. The lowest BCUT2D eigenvalue weighted by molar-refractivity contribution is 0.230. The van der Waals surface area contributed by atoms with E-state index in [1.54, 1.807) is 0 Å². The van der Waals surface area contributed by atoms with Crippen LogP contribution in [0.1, 0.15) is 31.7 Å². The van der Waals surface area contributed by atoms with Crippen molar-refractivity contribution < 1.29 is 4.74 Å². The van der Waals surface area contributed by atoms with Gasteiger partial charge in [0.2, 0.25) is 5.88 Å². The summed E-state index contributed by atoms with van der Waals surface area (Å²) in [5.41, 5.74) is 0.933. The molecule has 1 aliphatic heterocycles. The van der Waals surface area contributed by atoms with E-state index in [-0.39, 0.29) is 0 Å². The van der Waals surface area contributed by atoms with Gasteiger partial charge in [0.1, 0.15) is 18.1 Å². The third-order valence-corrected chi connectivity index (χ3v) is 3.52. The fourth-order valence-electron chi connectivity index (χ4n) is 2.24. The fraction of sp³-hybridized carbons (Fsp3) is 0.692. The molecule has 1 aromatic rings. The minimum atomic E-state index is 0.517. The maximum absolute atomic E-state index is 6.07. The standard InChI is InChI=1S/C13H20ClN3O/c1-2-5-11-12(14)15-10-16-13(11)18-9-8-17-6-3-4-7-17/h10H,2-9H2,1H3. The first-order chi connectivity index (χ1) is 8.81. The van der Waals surface area contributed by atoms with Gasteiger partial charge in [0, 0.05) is 6.54 Å². The zero-order chi connectivity index (χ0) is 12.8. The van der Waals surface area contributed by atoms with Gasteiger partial charge in [-0.05, 0) is 32.4 Å². The Hall–Kier alpha value is -0.870. The summed E-state index contributed by atoms with van der Waals surface area (Å²) in [7, 11) is 0. The van der Waals surface area contributed by atoms with Gasteiger partial charge in [-0.1, -0.05) is 24.9 Å². The van der Waals surface area contributed by atoms with E-state index in [0.717, 1.165) is 24.9 Å². The predicted octanol–water partition coefficient (Wildman–Crippen LogP) is 2.56. The minimum absolute atomic E-state index is 0.517. The number of hydrogen-bond donors (Lipinski definition) is 0. The van der Waals surface area contributed by atoms with Crippen molar-refractivity contribution >= 4 is 11.6 Å². The first-order valence-corrected chi connectivity index (χ1v) is 7.03. The van der Waals surface area contributed by atoms with E-state index in [2.05, 4.69) is 21.8 Å². The molecule has 0 radical (unpaired) electrons. The summed E-state index contributed by atoms with van der Waals surface area (Å²) in [5, 5.41) is 0.517. The highest BCUT2D eigenvalue weighted by molar-refractivity contribution is 6.30. The second-order valence-corrected chi connectivity index (χ2v) is 4.95. The zero-order valence-electron chi connectivity index (χ0n) is 10.9. The second-order valence-electron chi connectivity index (χ2n) is 4.60. The molecule has 0 bridgehead atoms. The molecule has 1 aliphatic rings. The van der Waals surface area contributed by atoms with Crippen LogP contribution >= 0.6 is 11.6 Å². The maximum Gasteiger partial charge on any atom is 0.221 e. The van der Waals surface area contributed by atoms with Crippen LogP contribution in [0, 0.1) is 0 Å². The molecule has 0 atom stereocenters. The third-order valence-electron chi connectivity index (χ3n) is 3.20. The van der Waals surface area contributed by atoms with Crippen LogP contribution in [-0.4, -0.2) is 41.1 Å². The van der Waals surface area contributed by atoms with Gasteiger partial charge in [-0.3, -0.25) is 4.90 Å². The zero-order valence-corrected chi connectivity index (χ0v) is 11.6. The molecule has 1 aromatic heterocycles. The quantitative estimate of drug-likeness (QED) is 0.744. The van der Waals surface area contributed by atoms with Crippen LogP contribution in [0.2, 0.25) is 5.15 Å². The van der Waals surface area contributed by atoms with Crippen LogP contribution in [0.5, 0.6) is 5.88 Å². The summed E-state index contributed by atoms with van der Waals surface area (Å²) in [6, 6.07) is 0. The molecule has 0 N–H and O–H groups in total. The van der Waals surface area contributed by atoms with Gasteiger partial charge in [0.15, 0.2) is 0 Å². The summed E-state index contributed by atoms with van der Waals surface area (Å²) in [5.74, 6) is 0.649. The number of likely N-dealkylation sites (tertiary alicyclic amines) is 1. The smallest absolute Gasteiger partial charge is 0.221 e. The number of nitrogens with zero attached hydrogens (tertiary/aromatic N) is 3. The monoisotopic (exact) mass is 269 g/mol. The molecule has 0 aliphatic carbocycles. The topological polar surface area (TPSA) is 38.3 Å². The summed E-state index contributed by atoms with van der Waals surface area (Å²) in [6.45, 7) is 6.12. The molecule has 0 unspecified atom stereocenters. The highest BCUT2D eigenvalue weighted by atomic mass is 35.5. The van der Waals surface area contributed by atoms with E-state index in [0.29, 0.717) is 17.6 Å². The van der Waals surface area contributed by atoms with E-state index in [9.17, 15) is 0 Å². The van der Waals surface area contributed by atoms with Gasteiger partial charge in [0.25, 0.3) is 0 Å². The molecule has 0 saturated carbocycles. The Morgan fingerprint density at radius 1 is 1.33 bits per heavy atom. The molecule has 1 saturated heterocycles. The number of halogens is 1. The number of aromatic nitrogens is 2. The molecule has 0 amide bonds. The van der Waals surface area contributed by atoms with E-state index >= 15 is 0 Å². The van der Waals surface area contributed by atoms with Crippen molar-refractivity contribution in [2.45, 2.75) is 32.6 Å². The van der Waals surface area contributed by atoms with Crippen LogP contribution in [0.15, 0.2) is 6.33 Å². The summed E-state index contributed by atoms with van der Waals surface area (Å²) in [4.78, 5) is 10.6. The van der Waals surface area contributed by atoms with Crippen molar-refractivity contribution in [2.75, 3.05) is 26.2 Å². The summed E-state index contributed by atoms with van der Waals surface area (Å²) < 4.78 is 5.76. The molecule has 5 heteroatoms. The van der Waals surface area contributed by atoms with Crippen LogP contribution in [0.25, 0.3) is 0 Å². The Kier molecular flexibility index (Phi) is 5.20. The summed E-state index contributed by atoms with van der Waals surface area (Å²) in [6.07, 6.45) is 5.95. The summed E-state index contributed by atoms with van der Waals surface area (Å²) >= 11 is 6.07. The number of hydrogen-bond acceptors (Lipinski definition) is 4. The Labute approximate surface area is 113 Å². The lowest BCUT2D eigenvalue weighted by Crippen LogP contribution is -2.25. The Bertz CT molecular complexity index is 380. The molecular weight excluding hydrogens is 250 g/mol. The van der Waals surface area contributed by atoms with Gasteiger partial charge in [-0.2, -0.15) is 0 Å². The van der Waals surface area contributed by atoms with Crippen molar-refractivity contribution in [3.05, 3.63) is 17.0 Å². The third kappa shape index (κ3) is 3.56. The Morgan fingerprint density at radius 2 is 2.11 bits per heavy atom. The molecule has 0 aromatic carbocycles. The number of ether oxygens (including phenoxy) is 1. The average Bonchev–Trinajstić information content (AvgIpc) is 2.86. The molecule has 1 fully saturated rings. The van der Waals surface area contributed by atoms with Crippen molar-refractivity contribution in [1.82, 2.24) is 14.9 Å². The SMILES string of the molecule is CCCc1c(Cl)ncnc1OCCN1CCCC1. The first kappa shape index (κ1) is 13.6. The fourth-order valence-corrected chi connectivity index (χ4v) is 2.46. The van der Waals surface area contributed by atoms with Gasteiger partial charge in [0.05, 0.1) is 5.56 Å².